The van der Waals surface area contributed by atoms with Crippen molar-refractivity contribution in [1.29, 1.82) is 0 Å². The van der Waals surface area contributed by atoms with Gasteiger partial charge < -0.3 is 14.9 Å². The summed E-state index contributed by atoms with van der Waals surface area (Å²) in [5, 5.41) is 9.63. The molecule has 0 aliphatic carbocycles. The number of anilines is 1. The summed E-state index contributed by atoms with van der Waals surface area (Å²) in [5.41, 5.74) is 2.52. The molecule has 6 nitrogen and oxygen atoms in total. The maximum atomic E-state index is 13.0. The minimum Gasteiger partial charge on any atom is -0.380 e. The van der Waals surface area contributed by atoms with E-state index in [4.69, 9.17) is 0 Å². The predicted octanol–water partition coefficient (Wildman–Crippen LogP) is 2.71. The van der Waals surface area contributed by atoms with Crippen LogP contribution in [0.15, 0.2) is 41.5 Å². The van der Waals surface area contributed by atoms with Crippen LogP contribution in [-0.4, -0.2) is 58.9 Å². The number of fused-ring (bicyclic) bond motifs is 1. The molecule has 156 valence electrons. The van der Waals surface area contributed by atoms with Crippen LogP contribution in [0.1, 0.15) is 24.6 Å². The van der Waals surface area contributed by atoms with Gasteiger partial charge >= 0.3 is 0 Å². The monoisotopic (exact) mass is 422 g/mol. The molecule has 30 heavy (non-hydrogen) atoms. The lowest BCUT2D eigenvalue weighted by Gasteiger charge is -2.23. The molecule has 1 atom stereocenters. The van der Waals surface area contributed by atoms with E-state index in [1.165, 1.54) is 17.0 Å². The predicted molar refractivity (Wildman–Crippen MR) is 123 cm³/mol. The van der Waals surface area contributed by atoms with Crippen molar-refractivity contribution >= 4 is 27.2 Å². The molecular weight excluding hydrogens is 396 g/mol. The second-order valence-electron chi connectivity index (χ2n) is 7.60. The molecule has 0 saturated carbocycles. The number of aromatic nitrogens is 2. The SMILES string of the molecule is CCC(O)C#Cc1cc2ncn(-c3ccc(N4CCCN(C)CC4)cc3)c(=O)c2s1. The maximum Gasteiger partial charge on any atom is 0.275 e. The second-order valence-corrected chi connectivity index (χ2v) is 8.65. The van der Waals surface area contributed by atoms with E-state index in [1.54, 1.807) is 17.0 Å². The van der Waals surface area contributed by atoms with Gasteiger partial charge in [-0.25, -0.2) is 4.98 Å². The summed E-state index contributed by atoms with van der Waals surface area (Å²) in [6.07, 6.45) is 2.65. The number of hydrogen-bond donors (Lipinski definition) is 1. The number of rotatable bonds is 3. The molecule has 1 aliphatic rings. The van der Waals surface area contributed by atoms with E-state index in [2.05, 4.69) is 45.8 Å². The first-order valence-electron chi connectivity index (χ1n) is 10.3. The fourth-order valence-corrected chi connectivity index (χ4v) is 4.45. The maximum absolute atomic E-state index is 13.0. The van der Waals surface area contributed by atoms with Crippen molar-refractivity contribution in [2.24, 2.45) is 0 Å². The quantitative estimate of drug-likeness (QED) is 0.658. The number of benzene rings is 1. The molecule has 0 spiro atoms. The van der Waals surface area contributed by atoms with Crippen molar-refractivity contribution in [2.45, 2.75) is 25.9 Å². The molecule has 7 heteroatoms. The summed E-state index contributed by atoms with van der Waals surface area (Å²) >= 11 is 1.32. The van der Waals surface area contributed by atoms with Crippen LogP contribution >= 0.6 is 11.3 Å². The highest BCUT2D eigenvalue weighted by Crippen LogP contribution is 2.22. The summed E-state index contributed by atoms with van der Waals surface area (Å²) in [6.45, 7) is 6.11. The van der Waals surface area contributed by atoms with Crippen LogP contribution in [0.3, 0.4) is 0 Å². The van der Waals surface area contributed by atoms with Crippen LogP contribution in [0.4, 0.5) is 5.69 Å². The third-order valence-electron chi connectivity index (χ3n) is 5.40. The van der Waals surface area contributed by atoms with E-state index in [-0.39, 0.29) is 5.56 Å². The van der Waals surface area contributed by atoms with Crippen molar-refractivity contribution < 1.29 is 5.11 Å². The van der Waals surface area contributed by atoms with E-state index < -0.39 is 6.10 Å². The molecule has 0 bridgehead atoms. The Morgan fingerprint density at radius 2 is 1.93 bits per heavy atom. The van der Waals surface area contributed by atoms with Gasteiger partial charge in [-0.05, 0) is 56.8 Å². The van der Waals surface area contributed by atoms with Gasteiger partial charge in [0.15, 0.2) is 0 Å². The van der Waals surface area contributed by atoms with Crippen LogP contribution in [0.25, 0.3) is 15.9 Å². The average molecular weight is 423 g/mol. The van der Waals surface area contributed by atoms with Gasteiger partial charge in [0.1, 0.15) is 17.1 Å². The molecule has 1 N–H and O–H groups in total. The minimum atomic E-state index is -0.650. The molecule has 1 saturated heterocycles. The first-order chi connectivity index (χ1) is 14.5. The molecule has 0 radical (unpaired) electrons. The Balaban J connectivity index is 1.60. The van der Waals surface area contributed by atoms with Crippen LogP contribution in [-0.2, 0) is 0 Å². The summed E-state index contributed by atoms with van der Waals surface area (Å²) in [5.74, 6) is 5.74. The number of hydrogen-bond acceptors (Lipinski definition) is 6. The van der Waals surface area contributed by atoms with Gasteiger partial charge in [-0.1, -0.05) is 18.8 Å². The van der Waals surface area contributed by atoms with Crippen molar-refractivity contribution in [3.63, 3.8) is 0 Å². The number of aliphatic hydroxyl groups is 1. The zero-order chi connectivity index (χ0) is 21.1. The Bertz CT molecular complexity index is 1140. The Morgan fingerprint density at radius 1 is 1.17 bits per heavy atom. The molecule has 4 rings (SSSR count). The van der Waals surface area contributed by atoms with Gasteiger partial charge in [-0.3, -0.25) is 9.36 Å². The molecule has 1 aromatic carbocycles. The second kappa shape index (κ2) is 9.00. The minimum absolute atomic E-state index is 0.0989. The summed E-state index contributed by atoms with van der Waals surface area (Å²) in [6, 6.07) is 9.92. The van der Waals surface area contributed by atoms with Crippen molar-refractivity contribution in [3.05, 3.63) is 51.9 Å². The van der Waals surface area contributed by atoms with E-state index >= 15 is 0 Å². The Kier molecular flexibility index (Phi) is 6.18. The molecule has 0 amide bonds. The van der Waals surface area contributed by atoms with Crippen molar-refractivity contribution in [3.8, 4) is 17.5 Å². The standard InChI is InChI=1S/C23H26N4O2S/c1-3-19(28)9-10-20-15-21-22(30-20)23(29)27(16-24-21)18-7-5-17(6-8-18)26-12-4-11-25(2)13-14-26/h5-8,15-16,19,28H,3-4,11-14H2,1-2H3. The van der Waals surface area contributed by atoms with E-state index in [1.807, 2.05) is 19.1 Å². The normalized spacial score (nSPS) is 16.2. The number of thiophene rings is 1. The van der Waals surface area contributed by atoms with Crippen LogP contribution < -0.4 is 10.5 Å². The van der Waals surface area contributed by atoms with Gasteiger partial charge in [0.25, 0.3) is 5.56 Å². The van der Waals surface area contributed by atoms with E-state index in [9.17, 15) is 9.90 Å². The molecule has 1 unspecified atom stereocenters. The number of likely N-dealkylation sites (N-methyl/N-ethyl adjacent to an activating group) is 1. The van der Waals surface area contributed by atoms with Gasteiger partial charge in [0, 0.05) is 25.3 Å². The zero-order valence-corrected chi connectivity index (χ0v) is 18.2. The Hall–Kier alpha value is -2.66. The largest absolute Gasteiger partial charge is 0.380 e. The molecule has 3 aromatic rings. The highest BCUT2D eigenvalue weighted by molar-refractivity contribution is 7.19. The first-order valence-corrected chi connectivity index (χ1v) is 11.1. The van der Waals surface area contributed by atoms with Crippen molar-refractivity contribution in [1.82, 2.24) is 14.5 Å². The van der Waals surface area contributed by atoms with Gasteiger partial charge in [0.2, 0.25) is 0 Å². The lowest BCUT2D eigenvalue weighted by Crippen LogP contribution is -2.28. The smallest absolute Gasteiger partial charge is 0.275 e. The topological polar surface area (TPSA) is 61.6 Å². The molecule has 2 aromatic heterocycles. The molecular formula is C23H26N4O2S. The molecule has 3 heterocycles. The number of nitrogens with zero attached hydrogens (tertiary/aromatic N) is 4. The zero-order valence-electron chi connectivity index (χ0n) is 17.3. The molecule has 1 aliphatic heterocycles. The Labute approximate surface area is 180 Å². The van der Waals surface area contributed by atoms with E-state index in [0.717, 1.165) is 43.2 Å². The summed E-state index contributed by atoms with van der Waals surface area (Å²) in [4.78, 5) is 23.0. The van der Waals surface area contributed by atoms with Crippen molar-refractivity contribution in [2.75, 3.05) is 38.1 Å². The fourth-order valence-electron chi connectivity index (χ4n) is 3.54. The summed E-state index contributed by atoms with van der Waals surface area (Å²) in [7, 11) is 2.16. The van der Waals surface area contributed by atoms with E-state index in [0.29, 0.717) is 16.6 Å². The number of aliphatic hydroxyl groups excluding tert-OH is 1. The van der Waals surface area contributed by atoms with Crippen LogP contribution in [0.5, 0.6) is 0 Å². The highest BCUT2D eigenvalue weighted by atomic mass is 32.1. The molecule has 1 fully saturated rings. The lowest BCUT2D eigenvalue weighted by atomic mass is 10.2. The van der Waals surface area contributed by atoms with Gasteiger partial charge in [-0.15, -0.1) is 11.3 Å². The Morgan fingerprint density at radius 3 is 2.70 bits per heavy atom. The van der Waals surface area contributed by atoms with Crippen LogP contribution in [0.2, 0.25) is 0 Å². The summed E-state index contributed by atoms with van der Waals surface area (Å²) < 4.78 is 2.16. The lowest BCUT2D eigenvalue weighted by molar-refractivity contribution is 0.228. The average Bonchev–Trinajstić information content (AvgIpc) is 3.07. The first kappa shape index (κ1) is 20.6. The third kappa shape index (κ3) is 4.41. The fraction of sp³-hybridized carbons (Fsp3) is 0.391. The highest BCUT2D eigenvalue weighted by Gasteiger charge is 2.14. The van der Waals surface area contributed by atoms with Crippen LogP contribution in [0, 0.1) is 11.8 Å². The third-order valence-corrected chi connectivity index (χ3v) is 6.43. The van der Waals surface area contributed by atoms with Gasteiger partial charge in [-0.2, -0.15) is 0 Å². The van der Waals surface area contributed by atoms with Gasteiger partial charge in [0.05, 0.1) is 16.1 Å².